The molecule has 0 saturated heterocycles. The maximum absolute atomic E-state index is 12.2. The van der Waals surface area contributed by atoms with E-state index in [0.29, 0.717) is 28.3 Å². The van der Waals surface area contributed by atoms with Crippen LogP contribution in [-0.2, 0) is 0 Å². The summed E-state index contributed by atoms with van der Waals surface area (Å²) in [5.74, 6) is 7.48. The highest BCUT2D eigenvalue weighted by molar-refractivity contribution is 7.99. The molecule has 0 spiro atoms. The maximum Gasteiger partial charge on any atom is 0.387 e. The number of halogens is 2. The first-order valence-corrected chi connectivity index (χ1v) is 8.04. The van der Waals surface area contributed by atoms with Gasteiger partial charge >= 0.3 is 6.61 Å². The number of rotatable bonds is 6. The van der Waals surface area contributed by atoms with Crippen molar-refractivity contribution in [2.45, 2.75) is 30.9 Å². The molecule has 8 nitrogen and oxygen atoms in total. The first kappa shape index (κ1) is 17.1. The van der Waals surface area contributed by atoms with Gasteiger partial charge in [-0.1, -0.05) is 16.9 Å². The average molecular weight is 368 g/mol. The molecule has 0 aliphatic carbocycles. The van der Waals surface area contributed by atoms with Crippen molar-refractivity contribution in [3.63, 3.8) is 0 Å². The highest BCUT2D eigenvalue weighted by atomic mass is 32.2. The monoisotopic (exact) mass is 368 g/mol. The van der Waals surface area contributed by atoms with E-state index in [-0.39, 0.29) is 11.0 Å². The van der Waals surface area contributed by atoms with E-state index in [1.807, 2.05) is 6.92 Å². The number of nitrogens with zero attached hydrogens (tertiary/aromatic N) is 5. The highest BCUT2D eigenvalue weighted by Gasteiger charge is 2.20. The number of aryl methyl sites for hydroxylation is 1. The van der Waals surface area contributed by atoms with Gasteiger partial charge in [-0.2, -0.15) is 13.8 Å². The lowest BCUT2D eigenvalue weighted by Crippen LogP contribution is -2.12. The third-order valence-corrected chi connectivity index (χ3v) is 4.22. The molecule has 0 radical (unpaired) electrons. The largest absolute Gasteiger partial charge is 0.435 e. The van der Waals surface area contributed by atoms with Crippen molar-refractivity contribution in [3.05, 3.63) is 36.0 Å². The fourth-order valence-electron chi connectivity index (χ4n) is 2.03. The summed E-state index contributed by atoms with van der Waals surface area (Å²) in [6.45, 7) is 0.736. The number of alkyl halides is 2. The van der Waals surface area contributed by atoms with E-state index < -0.39 is 6.61 Å². The van der Waals surface area contributed by atoms with E-state index in [0.717, 1.165) is 0 Å². The smallest absolute Gasteiger partial charge is 0.387 e. The predicted molar refractivity (Wildman–Crippen MR) is 85.5 cm³/mol. The Bertz CT molecular complexity index is 851. The van der Waals surface area contributed by atoms with E-state index in [2.05, 4.69) is 25.1 Å². The number of thioether (sulfide) groups is 1. The third kappa shape index (κ3) is 3.87. The van der Waals surface area contributed by atoms with Crippen LogP contribution in [0, 0.1) is 6.92 Å². The number of nitrogens with two attached hydrogens (primary N) is 1. The van der Waals surface area contributed by atoms with Crippen molar-refractivity contribution in [2.75, 3.05) is 5.84 Å². The Morgan fingerprint density at radius 3 is 2.56 bits per heavy atom. The number of aromatic nitrogens is 5. The Balaban J connectivity index is 1.76. The van der Waals surface area contributed by atoms with E-state index in [1.54, 1.807) is 19.1 Å². The molecule has 0 amide bonds. The second-order valence-electron chi connectivity index (χ2n) is 5.02. The van der Waals surface area contributed by atoms with Crippen molar-refractivity contribution >= 4 is 11.8 Å². The predicted octanol–water partition coefficient (Wildman–Crippen LogP) is 2.81. The molecule has 0 saturated carbocycles. The first-order chi connectivity index (χ1) is 11.9. The summed E-state index contributed by atoms with van der Waals surface area (Å²) in [6.07, 6.45) is 0. The number of ether oxygens (including phenoxy) is 1. The fraction of sp³-hybridized carbons (Fsp3) is 0.286. The van der Waals surface area contributed by atoms with Gasteiger partial charge in [0, 0.05) is 5.56 Å². The SMILES string of the molecule is Cc1noc(C(C)Sc2nnc(-c3ccc(OC(F)F)cc3)n2N)n1. The summed E-state index contributed by atoms with van der Waals surface area (Å²) in [4.78, 5) is 4.16. The fourth-order valence-corrected chi connectivity index (χ4v) is 2.83. The Morgan fingerprint density at radius 2 is 1.96 bits per heavy atom. The molecule has 2 aromatic heterocycles. The van der Waals surface area contributed by atoms with Crippen molar-refractivity contribution in [1.82, 2.24) is 25.0 Å². The molecule has 2 N–H and O–H groups in total. The molecule has 11 heteroatoms. The van der Waals surface area contributed by atoms with Crippen molar-refractivity contribution < 1.29 is 18.0 Å². The molecule has 0 aliphatic rings. The minimum absolute atomic E-state index is 0.0526. The molecule has 1 aromatic carbocycles. The van der Waals surface area contributed by atoms with Crippen LogP contribution in [0.1, 0.15) is 23.9 Å². The molecule has 2 heterocycles. The molecule has 1 atom stereocenters. The van der Waals surface area contributed by atoms with Crippen LogP contribution in [0.15, 0.2) is 33.9 Å². The lowest BCUT2D eigenvalue weighted by Gasteiger charge is -2.07. The lowest BCUT2D eigenvalue weighted by atomic mass is 10.2. The molecular weight excluding hydrogens is 354 g/mol. The lowest BCUT2D eigenvalue weighted by molar-refractivity contribution is -0.0498. The molecule has 3 aromatic rings. The Kier molecular flexibility index (Phi) is 4.83. The number of hydrogen-bond acceptors (Lipinski definition) is 8. The molecule has 3 rings (SSSR count). The zero-order valence-electron chi connectivity index (χ0n) is 13.3. The van der Waals surface area contributed by atoms with Crippen molar-refractivity contribution in [3.8, 4) is 17.1 Å². The molecule has 0 fully saturated rings. The quantitative estimate of drug-likeness (QED) is 0.523. The van der Waals surface area contributed by atoms with Crippen LogP contribution in [0.4, 0.5) is 8.78 Å². The van der Waals surface area contributed by atoms with Crippen molar-refractivity contribution in [2.24, 2.45) is 0 Å². The summed E-state index contributed by atoms with van der Waals surface area (Å²) in [5.41, 5.74) is 0.616. The number of hydrogen-bond donors (Lipinski definition) is 1. The molecular formula is C14H14F2N6O2S. The minimum Gasteiger partial charge on any atom is -0.435 e. The zero-order valence-corrected chi connectivity index (χ0v) is 14.1. The summed E-state index contributed by atoms with van der Waals surface area (Å²) < 4.78 is 35.1. The van der Waals surface area contributed by atoms with Gasteiger partial charge in [-0.15, -0.1) is 10.2 Å². The zero-order chi connectivity index (χ0) is 18.0. The van der Waals surface area contributed by atoms with Gasteiger partial charge in [-0.3, -0.25) is 0 Å². The van der Waals surface area contributed by atoms with Crippen LogP contribution < -0.4 is 10.6 Å². The Hall–Kier alpha value is -2.69. The second-order valence-corrected chi connectivity index (χ2v) is 6.33. The van der Waals surface area contributed by atoms with Gasteiger partial charge in [0.25, 0.3) is 0 Å². The van der Waals surface area contributed by atoms with E-state index in [9.17, 15) is 8.78 Å². The summed E-state index contributed by atoms with van der Waals surface area (Å²) in [5, 5.41) is 12.1. The normalized spacial score (nSPS) is 12.5. The van der Waals surface area contributed by atoms with E-state index in [4.69, 9.17) is 10.4 Å². The highest BCUT2D eigenvalue weighted by Crippen LogP contribution is 2.33. The van der Waals surface area contributed by atoms with Gasteiger partial charge in [-0.05, 0) is 38.1 Å². The average Bonchev–Trinajstić information content (AvgIpc) is 3.15. The van der Waals surface area contributed by atoms with Gasteiger partial charge < -0.3 is 15.1 Å². The van der Waals surface area contributed by atoms with Crippen LogP contribution >= 0.6 is 11.8 Å². The summed E-state index contributed by atoms with van der Waals surface area (Å²) in [7, 11) is 0. The van der Waals surface area contributed by atoms with Crippen LogP contribution in [0.5, 0.6) is 5.75 Å². The van der Waals surface area contributed by atoms with Gasteiger partial charge in [0.15, 0.2) is 11.6 Å². The second kappa shape index (κ2) is 7.05. The van der Waals surface area contributed by atoms with Gasteiger partial charge in [0.2, 0.25) is 11.0 Å². The molecule has 1 unspecified atom stereocenters. The minimum atomic E-state index is -2.87. The third-order valence-electron chi connectivity index (χ3n) is 3.18. The first-order valence-electron chi connectivity index (χ1n) is 7.16. The Labute approximate surface area is 145 Å². The van der Waals surface area contributed by atoms with Crippen LogP contribution in [0.3, 0.4) is 0 Å². The van der Waals surface area contributed by atoms with E-state index in [1.165, 1.54) is 28.6 Å². The van der Waals surface area contributed by atoms with E-state index >= 15 is 0 Å². The van der Waals surface area contributed by atoms with Crippen LogP contribution in [-0.4, -0.2) is 31.6 Å². The number of benzene rings is 1. The number of nitrogen functional groups attached to an aromatic ring is 1. The molecule has 0 bridgehead atoms. The molecule has 0 aliphatic heterocycles. The summed E-state index contributed by atoms with van der Waals surface area (Å²) >= 11 is 1.31. The topological polar surface area (TPSA) is 105 Å². The van der Waals surface area contributed by atoms with Crippen LogP contribution in [0.25, 0.3) is 11.4 Å². The van der Waals surface area contributed by atoms with Gasteiger partial charge in [0.1, 0.15) is 5.75 Å². The molecule has 132 valence electrons. The van der Waals surface area contributed by atoms with Gasteiger partial charge in [-0.25, -0.2) is 4.68 Å². The summed E-state index contributed by atoms with van der Waals surface area (Å²) in [6, 6.07) is 5.97. The molecule has 25 heavy (non-hydrogen) atoms. The maximum atomic E-state index is 12.2. The van der Waals surface area contributed by atoms with Crippen molar-refractivity contribution in [1.29, 1.82) is 0 Å². The van der Waals surface area contributed by atoms with Crippen LogP contribution in [0.2, 0.25) is 0 Å². The standard InChI is InChI=1S/C14H14F2N6O2S/c1-7(12-18-8(2)21-24-12)25-14-20-19-11(22(14)17)9-3-5-10(6-4-9)23-13(15)16/h3-7,13H,17H2,1-2H3. The Morgan fingerprint density at radius 1 is 1.24 bits per heavy atom. The van der Waals surface area contributed by atoms with Gasteiger partial charge in [0.05, 0.1) is 5.25 Å².